The summed E-state index contributed by atoms with van der Waals surface area (Å²) in [6.07, 6.45) is 7.12. The molecule has 3 rings (SSSR count). The Balaban J connectivity index is 1.63. The van der Waals surface area contributed by atoms with Crippen LogP contribution in [0.5, 0.6) is 0 Å². The molecule has 5 heteroatoms. The Labute approximate surface area is 136 Å². The van der Waals surface area contributed by atoms with Gasteiger partial charge in [0.25, 0.3) is 0 Å². The van der Waals surface area contributed by atoms with Crippen LogP contribution in [0.3, 0.4) is 0 Å². The lowest BCUT2D eigenvalue weighted by Gasteiger charge is -2.39. The van der Waals surface area contributed by atoms with E-state index < -0.39 is 0 Å². The Morgan fingerprint density at radius 2 is 2.05 bits per heavy atom. The first-order valence-corrected chi connectivity index (χ1v) is 9.08. The molecule has 1 N–H and O–H groups in total. The van der Waals surface area contributed by atoms with Crippen LogP contribution in [-0.4, -0.2) is 40.4 Å². The summed E-state index contributed by atoms with van der Waals surface area (Å²) in [7, 11) is 2.05. The molecule has 118 valence electrons. The largest absolute Gasteiger partial charge is 0.311 e. The van der Waals surface area contributed by atoms with Crippen LogP contribution < -0.4 is 5.32 Å². The lowest BCUT2D eigenvalue weighted by Crippen LogP contribution is -2.53. The summed E-state index contributed by atoms with van der Waals surface area (Å²) < 4.78 is 3.20. The van der Waals surface area contributed by atoms with Crippen LogP contribution in [0.4, 0.5) is 0 Å². The molecule has 1 aliphatic heterocycles. The number of piperazine rings is 1. The van der Waals surface area contributed by atoms with Gasteiger partial charge in [-0.05, 0) is 41.6 Å². The summed E-state index contributed by atoms with van der Waals surface area (Å²) in [6.45, 7) is 6.51. The smallest absolute Gasteiger partial charge is 0.0739 e. The molecule has 0 radical (unpaired) electrons. The predicted octanol–water partition coefficient (Wildman–Crippen LogP) is 2.85. The average Bonchev–Trinajstić information content (AvgIpc) is 2.75. The standard InChI is InChI=1S/C16H27BrN4/c1-12-16(17)15(20(2)19-12)11-21-9-8-18-14(10-21)13-6-4-3-5-7-13/h13-14,18H,3-11H2,1-2H3. The molecule has 1 saturated carbocycles. The van der Waals surface area contributed by atoms with E-state index in [1.165, 1.54) is 48.8 Å². The van der Waals surface area contributed by atoms with E-state index in [9.17, 15) is 0 Å². The molecule has 0 bridgehead atoms. The zero-order valence-electron chi connectivity index (χ0n) is 13.2. The number of hydrogen-bond donors (Lipinski definition) is 1. The Bertz CT molecular complexity index is 479. The lowest BCUT2D eigenvalue weighted by molar-refractivity contribution is 0.138. The molecule has 1 unspecified atom stereocenters. The fourth-order valence-corrected chi connectivity index (χ4v) is 4.36. The minimum atomic E-state index is 0.687. The van der Waals surface area contributed by atoms with Gasteiger partial charge >= 0.3 is 0 Å². The second kappa shape index (κ2) is 6.80. The minimum absolute atomic E-state index is 0.687. The second-order valence-corrected chi connectivity index (χ2v) is 7.46. The topological polar surface area (TPSA) is 33.1 Å². The van der Waals surface area contributed by atoms with Crippen LogP contribution in [0, 0.1) is 12.8 Å². The van der Waals surface area contributed by atoms with Crippen molar-refractivity contribution in [2.45, 2.75) is 51.6 Å². The van der Waals surface area contributed by atoms with E-state index in [-0.39, 0.29) is 0 Å². The SMILES string of the molecule is Cc1nn(C)c(CN2CCNC(C3CCCCC3)C2)c1Br. The fourth-order valence-electron chi connectivity index (χ4n) is 3.90. The van der Waals surface area contributed by atoms with Crippen molar-refractivity contribution < 1.29 is 0 Å². The number of aromatic nitrogens is 2. The number of hydrogen-bond acceptors (Lipinski definition) is 3. The van der Waals surface area contributed by atoms with Crippen LogP contribution in [0.25, 0.3) is 0 Å². The zero-order valence-corrected chi connectivity index (χ0v) is 14.8. The zero-order chi connectivity index (χ0) is 14.8. The number of rotatable bonds is 3. The van der Waals surface area contributed by atoms with Gasteiger partial charge in [-0.15, -0.1) is 0 Å². The third kappa shape index (κ3) is 3.51. The molecular formula is C16H27BrN4. The van der Waals surface area contributed by atoms with Crippen LogP contribution in [0.15, 0.2) is 4.47 Å². The van der Waals surface area contributed by atoms with Crippen molar-refractivity contribution >= 4 is 15.9 Å². The van der Waals surface area contributed by atoms with E-state index in [4.69, 9.17) is 0 Å². The van der Waals surface area contributed by atoms with Crippen LogP contribution in [0.2, 0.25) is 0 Å². The Morgan fingerprint density at radius 3 is 2.71 bits per heavy atom. The van der Waals surface area contributed by atoms with E-state index in [1.807, 2.05) is 11.7 Å². The van der Waals surface area contributed by atoms with Gasteiger partial charge in [0.2, 0.25) is 0 Å². The third-order valence-corrected chi connectivity index (χ3v) is 6.17. The van der Waals surface area contributed by atoms with Crippen molar-refractivity contribution in [3.05, 3.63) is 15.9 Å². The molecule has 4 nitrogen and oxygen atoms in total. The fraction of sp³-hybridized carbons (Fsp3) is 0.812. The number of aryl methyl sites for hydroxylation is 2. The predicted molar refractivity (Wildman–Crippen MR) is 89.3 cm³/mol. The van der Waals surface area contributed by atoms with Crippen molar-refractivity contribution in [3.8, 4) is 0 Å². The molecule has 21 heavy (non-hydrogen) atoms. The molecule has 1 atom stereocenters. The first kappa shape index (κ1) is 15.5. The van der Waals surface area contributed by atoms with E-state index in [2.05, 4.69) is 38.2 Å². The minimum Gasteiger partial charge on any atom is -0.311 e. The maximum absolute atomic E-state index is 4.51. The highest BCUT2D eigenvalue weighted by Gasteiger charge is 2.28. The highest BCUT2D eigenvalue weighted by Crippen LogP contribution is 2.28. The summed E-state index contributed by atoms with van der Waals surface area (Å²) >= 11 is 3.69. The number of nitrogens with one attached hydrogen (secondary N) is 1. The maximum atomic E-state index is 4.51. The molecule has 2 aliphatic rings. The van der Waals surface area contributed by atoms with Crippen LogP contribution in [-0.2, 0) is 13.6 Å². The van der Waals surface area contributed by atoms with E-state index in [0.717, 1.165) is 31.2 Å². The van der Waals surface area contributed by atoms with Crippen molar-refractivity contribution in [1.82, 2.24) is 20.0 Å². The van der Waals surface area contributed by atoms with Gasteiger partial charge in [-0.25, -0.2) is 0 Å². The normalized spacial score (nSPS) is 25.4. The molecule has 0 aromatic carbocycles. The van der Waals surface area contributed by atoms with Gasteiger partial charge in [0, 0.05) is 39.3 Å². The van der Waals surface area contributed by atoms with Crippen LogP contribution >= 0.6 is 15.9 Å². The monoisotopic (exact) mass is 354 g/mol. The van der Waals surface area contributed by atoms with Gasteiger partial charge in [0.15, 0.2) is 0 Å². The molecule has 1 saturated heterocycles. The highest BCUT2D eigenvalue weighted by molar-refractivity contribution is 9.10. The van der Waals surface area contributed by atoms with Gasteiger partial charge in [-0.1, -0.05) is 19.3 Å². The molecule has 1 aromatic rings. The summed E-state index contributed by atoms with van der Waals surface area (Å²) in [6, 6.07) is 0.687. The van der Waals surface area contributed by atoms with E-state index in [1.54, 1.807) is 0 Å². The van der Waals surface area contributed by atoms with Crippen molar-refractivity contribution in [2.75, 3.05) is 19.6 Å². The first-order chi connectivity index (χ1) is 10.1. The van der Waals surface area contributed by atoms with Gasteiger partial charge in [0.1, 0.15) is 0 Å². The Morgan fingerprint density at radius 1 is 1.29 bits per heavy atom. The highest BCUT2D eigenvalue weighted by atomic mass is 79.9. The molecule has 0 amide bonds. The van der Waals surface area contributed by atoms with E-state index >= 15 is 0 Å². The molecule has 1 aromatic heterocycles. The van der Waals surface area contributed by atoms with Crippen molar-refractivity contribution in [3.63, 3.8) is 0 Å². The second-order valence-electron chi connectivity index (χ2n) is 6.66. The lowest BCUT2D eigenvalue weighted by atomic mass is 9.83. The summed E-state index contributed by atoms with van der Waals surface area (Å²) in [5.41, 5.74) is 2.39. The Kier molecular flexibility index (Phi) is 5.02. The first-order valence-electron chi connectivity index (χ1n) is 8.29. The molecule has 1 aliphatic carbocycles. The maximum Gasteiger partial charge on any atom is 0.0739 e. The summed E-state index contributed by atoms with van der Waals surface area (Å²) in [4.78, 5) is 2.59. The quantitative estimate of drug-likeness (QED) is 0.905. The van der Waals surface area contributed by atoms with Crippen LogP contribution in [0.1, 0.15) is 43.5 Å². The average molecular weight is 355 g/mol. The molecule has 2 fully saturated rings. The van der Waals surface area contributed by atoms with Gasteiger partial charge in [0.05, 0.1) is 15.9 Å². The van der Waals surface area contributed by atoms with Crippen molar-refractivity contribution in [2.24, 2.45) is 13.0 Å². The third-order valence-electron chi connectivity index (χ3n) is 5.14. The number of nitrogens with zero attached hydrogens (tertiary/aromatic N) is 3. The molecule has 2 heterocycles. The van der Waals surface area contributed by atoms with Crippen molar-refractivity contribution in [1.29, 1.82) is 0 Å². The molecular weight excluding hydrogens is 328 g/mol. The summed E-state index contributed by atoms with van der Waals surface area (Å²) in [5.74, 6) is 0.887. The summed E-state index contributed by atoms with van der Waals surface area (Å²) in [5, 5.41) is 8.28. The number of halogens is 1. The van der Waals surface area contributed by atoms with Gasteiger partial charge in [-0.2, -0.15) is 5.10 Å². The van der Waals surface area contributed by atoms with Gasteiger partial charge < -0.3 is 5.32 Å². The van der Waals surface area contributed by atoms with Gasteiger partial charge in [-0.3, -0.25) is 9.58 Å². The molecule has 0 spiro atoms. The van der Waals surface area contributed by atoms with E-state index in [0.29, 0.717) is 6.04 Å². The Hall–Kier alpha value is -0.390.